The molecule has 1 N–H and O–H groups in total. The summed E-state index contributed by atoms with van der Waals surface area (Å²) < 4.78 is 1.65. The fourth-order valence-electron chi connectivity index (χ4n) is 2.03. The van der Waals surface area contributed by atoms with Gasteiger partial charge in [0.2, 0.25) is 5.91 Å². The number of nitrogens with zero attached hydrogens (tertiary/aromatic N) is 3. The van der Waals surface area contributed by atoms with Gasteiger partial charge in [-0.2, -0.15) is 10.4 Å². The minimum absolute atomic E-state index is 0.332. The molecule has 2 rings (SSSR count). The van der Waals surface area contributed by atoms with E-state index in [1.54, 1.807) is 30.1 Å². The van der Waals surface area contributed by atoms with E-state index in [-0.39, 0.29) is 5.91 Å². The van der Waals surface area contributed by atoms with Crippen molar-refractivity contribution >= 4 is 11.6 Å². The Morgan fingerprint density at radius 1 is 1.45 bits per heavy atom. The standard InChI is InChI=1S/C15H16N4O/c1-3-13-14(10-19(2)18-13)17-15(20)12(9-16)11-7-5-4-6-8-11/h4-8,10,12H,3H2,1-2H3,(H,17,20). The molecule has 0 bridgehead atoms. The minimum atomic E-state index is -0.818. The van der Waals surface area contributed by atoms with Crippen LogP contribution < -0.4 is 5.32 Å². The lowest BCUT2D eigenvalue weighted by atomic mass is 10.00. The third-order valence-electron chi connectivity index (χ3n) is 3.02. The van der Waals surface area contributed by atoms with Crippen molar-refractivity contribution in [2.45, 2.75) is 19.3 Å². The molecule has 0 saturated heterocycles. The number of aryl methyl sites for hydroxylation is 2. The van der Waals surface area contributed by atoms with Crippen LogP contribution >= 0.6 is 0 Å². The highest BCUT2D eigenvalue weighted by molar-refractivity contribution is 5.98. The van der Waals surface area contributed by atoms with Crippen LogP contribution in [0.4, 0.5) is 5.69 Å². The van der Waals surface area contributed by atoms with Gasteiger partial charge < -0.3 is 5.32 Å². The number of nitrogens with one attached hydrogen (secondary N) is 1. The highest BCUT2D eigenvalue weighted by Gasteiger charge is 2.21. The molecule has 1 amide bonds. The Hall–Kier alpha value is -2.61. The first kappa shape index (κ1) is 13.8. The van der Waals surface area contributed by atoms with Gasteiger partial charge in [-0.05, 0) is 12.0 Å². The van der Waals surface area contributed by atoms with Crippen LogP contribution in [0.1, 0.15) is 24.1 Å². The van der Waals surface area contributed by atoms with E-state index in [1.807, 2.05) is 31.2 Å². The van der Waals surface area contributed by atoms with Crippen molar-refractivity contribution in [2.24, 2.45) is 7.05 Å². The SMILES string of the molecule is CCc1nn(C)cc1NC(=O)C(C#N)c1ccccc1. The predicted molar refractivity (Wildman–Crippen MR) is 76.0 cm³/mol. The van der Waals surface area contributed by atoms with Crippen molar-refractivity contribution in [3.63, 3.8) is 0 Å². The van der Waals surface area contributed by atoms with E-state index in [1.165, 1.54) is 0 Å². The fourth-order valence-corrected chi connectivity index (χ4v) is 2.03. The lowest BCUT2D eigenvalue weighted by Crippen LogP contribution is -2.20. The first-order valence-corrected chi connectivity index (χ1v) is 6.43. The van der Waals surface area contributed by atoms with Gasteiger partial charge in [0, 0.05) is 13.2 Å². The van der Waals surface area contributed by atoms with E-state index < -0.39 is 5.92 Å². The number of carbonyl (C=O) groups is 1. The molecule has 0 saturated carbocycles. The van der Waals surface area contributed by atoms with Crippen LogP contribution in [-0.4, -0.2) is 15.7 Å². The number of rotatable bonds is 4. The molecule has 2 aromatic rings. The topological polar surface area (TPSA) is 70.7 Å². The maximum atomic E-state index is 12.3. The highest BCUT2D eigenvalue weighted by Crippen LogP contribution is 2.19. The van der Waals surface area contributed by atoms with Gasteiger partial charge in [-0.1, -0.05) is 37.3 Å². The average molecular weight is 268 g/mol. The molecular weight excluding hydrogens is 252 g/mol. The van der Waals surface area contributed by atoms with E-state index >= 15 is 0 Å². The smallest absolute Gasteiger partial charge is 0.246 e. The zero-order valence-corrected chi connectivity index (χ0v) is 11.5. The average Bonchev–Trinajstić information content (AvgIpc) is 2.80. The Morgan fingerprint density at radius 3 is 2.75 bits per heavy atom. The van der Waals surface area contributed by atoms with Crippen LogP contribution in [0, 0.1) is 11.3 Å². The predicted octanol–water partition coefficient (Wildman–Crippen LogP) is 2.23. The van der Waals surface area contributed by atoms with E-state index in [9.17, 15) is 10.1 Å². The van der Waals surface area contributed by atoms with Gasteiger partial charge in [-0.3, -0.25) is 9.48 Å². The quantitative estimate of drug-likeness (QED) is 0.924. The largest absolute Gasteiger partial charge is 0.322 e. The van der Waals surface area contributed by atoms with Gasteiger partial charge in [0.1, 0.15) is 0 Å². The van der Waals surface area contributed by atoms with Crippen LogP contribution in [-0.2, 0) is 18.3 Å². The number of carbonyl (C=O) groups excluding carboxylic acids is 1. The number of benzene rings is 1. The Labute approximate surface area is 117 Å². The van der Waals surface area contributed by atoms with Crippen LogP contribution in [0.25, 0.3) is 0 Å². The maximum absolute atomic E-state index is 12.3. The second kappa shape index (κ2) is 6.02. The monoisotopic (exact) mass is 268 g/mol. The second-order valence-corrected chi connectivity index (χ2v) is 4.48. The summed E-state index contributed by atoms with van der Waals surface area (Å²) in [5.41, 5.74) is 2.16. The number of hydrogen-bond acceptors (Lipinski definition) is 3. The number of anilines is 1. The van der Waals surface area contributed by atoms with Crippen molar-refractivity contribution in [3.8, 4) is 6.07 Å². The molecule has 1 unspecified atom stereocenters. The molecule has 1 aromatic carbocycles. The van der Waals surface area contributed by atoms with Crippen LogP contribution in [0.2, 0.25) is 0 Å². The molecule has 0 aliphatic carbocycles. The molecule has 1 aromatic heterocycles. The molecule has 1 atom stereocenters. The molecule has 20 heavy (non-hydrogen) atoms. The highest BCUT2D eigenvalue weighted by atomic mass is 16.1. The summed E-state index contributed by atoms with van der Waals surface area (Å²) >= 11 is 0. The summed E-state index contributed by atoms with van der Waals surface area (Å²) in [7, 11) is 1.80. The second-order valence-electron chi connectivity index (χ2n) is 4.48. The van der Waals surface area contributed by atoms with Gasteiger partial charge >= 0.3 is 0 Å². The Bertz CT molecular complexity index is 640. The minimum Gasteiger partial charge on any atom is -0.322 e. The lowest BCUT2D eigenvalue weighted by Gasteiger charge is -2.10. The van der Waals surface area contributed by atoms with Crippen LogP contribution in [0.15, 0.2) is 36.5 Å². The molecule has 0 radical (unpaired) electrons. The molecule has 1 heterocycles. The van der Waals surface area contributed by atoms with Crippen molar-refractivity contribution in [1.82, 2.24) is 9.78 Å². The summed E-state index contributed by atoms with van der Waals surface area (Å²) in [6.07, 6.45) is 2.47. The lowest BCUT2D eigenvalue weighted by molar-refractivity contribution is -0.116. The Balaban J connectivity index is 2.20. The molecule has 5 nitrogen and oxygen atoms in total. The van der Waals surface area contributed by atoms with Crippen molar-refractivity contribution < 1.29 is 4.79 Å². The third-order valence-corrected chi connectivity index (χ3v) is 3.02. The van der Waals surface area contributed by atoms with Gasteiger partial charge in [0.05, 0.1) is 17.5 Å². The van der Waals surface area contributed by atoms with Crippen LogP contribution in [0.3, 0.4) is 0 Å². The Morgan fingerprint density at radius 2 is 2.15 bits per heavy atom. The van der Waals surface area contributed by atoms with Crippen LogP contribution in [0.5, 0.6) is 0 Å². The van der Waals surface area contributed by atoms with Crippen molar-refractivity contribution in [1.29, 1.82) is 5.26 Å². The molecule has 5 heteroatoms. The number of aromatic nitrogens is 2. The normalized spacial score (nSPS) is 11.7. The van der Waals surface area contributed by atoms with Gasteiger partial charge in [-0.15, -0.1) is 0 Å². The molecule has 0 fully saturated rings. The zero-order valence-electron chi connectivity index (χ0n) is 11.5. The molecule has 102 valence electrons. The van der Waals surface area contributed by atoms with Gasteiger partial charge in [0.15, 0.2) is 5.92 Å². The van der Waals surface area contributed by atoms with E-state index in [4.69, 9.17) is 0 Å². The van der Waals surface area contributed by atoms with Gasteiger partial charge in [0.25, 0.3) is 0 Å². The summed E-state index contributed by atoms with van der Waals surface area (Å²) in [5, 5.41) is 16.3. The fraction of sp³-hybridized carbons (Fsp3) is 0.267. The Kier molecular flexibility index (Phi) is 4.16. The molecule has 0 spiro atoms. The van der Waals surface area contributed by atoms with E-state index in [0.29, 0.717) is 11.3 Å². The third kappa shape index (κ3) is 2.86. The number of nitriles is 1. The van der Waals surface area contributed by atoms with E-state index in [0.717, 1.165) is 12.1 Å². The first-order chi connectivity index (χ1) is 9.65. The van der Waals surface area contributed by atoms with Crippen molar-refractivity contribution in [3.05, 3.63) is 47.8 Å². The first-order valence-electron chi connectivity index (χ1n) is 6.43. The summed E-state index contributed by atoms with van der Waals surface area (Å²) in [6, 6.07) is 11.1. The molecule has 0 aliphatic rings. The summed E-state index contributed by atoms with van der Waals surface area (Å²) in [6.45, 7) is 1.97. The molecule has 0 aliphatic heterocycles. The molecular formula is C15H16N4O. The summed E-state index contributed by atoms with van der Waals surface area (Å²) in [5.74, 6) is -1.15. The number of amides is 1. The summed E-state index contributed by atoms with van der Waals surface area (Å²) in [4.78, 5) is 12.3. The van der Waals surface area contributed by atoms with Gasteiger partial charge in [-0.25, -0.2) is 0 Å². The van der Waals surface area contributed by atoms with Crippen molar-refractivity contribution in [2.75, 3.05) is 5.32 Å². The number of hydrogen-bond donors (Lipinski definition) is 1. The zero-order chi connectivity index (χ0) is 14.5. The van der Waals surface area contributed by atoms with E-state index in [2.05, 4.69) is 10.4 Å². The maximum Gasteiger partial charge on any atom is 0.246 e.